The van der Waals surface area contributed by atoms with Crippen molar-refractivity contribution in [2.45, 2.75) is 33.8 Å². The van der Waals surface area contributed by atoms with Crippen LogP contribution in [0.25, 0.3) is 0 Å². The highest BCUT2D eigenvalue weighted by molar-refractivity contribution is 14.1. The number of halogens is 1. The van der Waals surface area contributed by atoms with Crippen LogP contribution < -0.4 is 4.74 Å². The summed E-state index contributed by atoms with van der Waals surface area (Å²) in [5.74, 6) is 0.727. The van der Waals surface area contributed by atoms with E-state index in [0.717, 1.165) is 27.1 Å². The van der Waals surface area contributed by atoms with Gasteiger partial charge in [-0.3, -0.25) is 0 Å². The lowest BCUT2D eigenvalue weighted by molar-refractivity contribution is 0.0501. The van der Waals surface area contributed by atoms with Crippen molar-refractivity contribution in [3.63, 3.8) is 0 Å². The molecule has 0 saturated carbocycles. The smallest absolute Gasteiger partial charge is 0.188 e. The molecule has 0 spiro atoms. The number of aromatic nitrogens is 1. The second-order valence-corrected chi connectivity index (χ2v) is 8.11. The fourth-order valence-corrected chi connectivity index (χ4v) is 3.50. The number of allylic oxidation sites excluding steroid dienone is 4. The first-order valence-electron chi connectivity index (χ1n) is 9.84. The van der Waals surface area contributed by atoms with Gasteiger partial charge in [0.1, 0.15) is 3.70 Å². The van der Waals surface area contributed by atoms with Gasteiger partial charge in [0.25, 0.3) is 0 Å². The first-order valence-corrected chi connectivity index (χ1v) is 10.9. The first-order chi connectivity index (χ1) is 14.4. The summed E-state index contributed by atoms with van der Waals surface area (Å²) in [4.78, 5) is 4.71. The number of rotatable bonds is 11. The molecular weight excluding hydrogens is 489 g/mol. The molecule has 160 valence electrons. The Morgan fingerprint density at radius 3 is 2.47 bits per heavy atom. The Morgan fingerprint density at radius 2 is 1.83 bits per heavy atom. The van der Waals surface area contributed by atoms with Gasteiger partial charge in [0.05, 0.1) is 13.2 Å². The third kappa shape index (κ3) is 7.70. The van der Waals surface area contributed by atoms with Gasteiger partial charge in [0.15, 0.2) is 12.5 Å². The standard InChI is InChI=1S/C25H30INO3/c1-18(2)20(4)23(15-22-11-12-24(25(26)27-22)30-17-28-5)19(3)13-14-29-16-21-9-7-6-8-10-21/h6-13H,1,14-17H2,2-5H3/b19-13-,23-20-. The predicted molar refractivity (Wildman–Crippen MR) is 131 cm³/mol. The molecule has 1 aromatic heterocycles. The number of benzene rings is 1. The van der Waals surface area contributed by atoms with Crippen molar-refractivity contribution in [3.8, 4) is 5.75 Å². The zero-order chi connectivity index (χ0) is 21.9. The lowest BCUT2D eigenvalue weighted by Gasteiger charge is -2.15. The van der Waals surface area contributed by atoms with E-state index in [1.807, 2.05) is 37.3 Å². The van der Waals surface area contributed by atoms with Crippen LogP contribution in [0, 0.1) is 3.70 Å². The van der Waals surface area contributed by atoms with Crippen molar-refractivity contribution < 1.29 is 14.2 Å². The summed E-state index contributed by atoms with van der Waals surface area (Å²) in [5, 5.41) is 0. The maximum absolute atomic E-state index is 5.84. The van der Waals surface area contributed by atoms with Crippen LogP contribution in [0.3, 0.4) is 0 Å². The maximum atomic E-state index is 5.84. The molecule has 0 radical (unpaired) electrons. The van der Waals surface area contributed by atoms with E-state index in [9.17, 15) is 0 Å². The van der Waals surface area contributed by atoms with Gasteiger partial charge >= 0.3 is 0 Å². The van der Waals surface area contributed by atoms with Gasteiger partial charge in [-0.05, 0) is 77.8 Å². The molecule has 5 heteroatoms. The molecule has 4 nitrogen and oxygen atoms in total. The molecule has 0 aliphatic rings. The van der Waals surface area contributed by atoms with Gasteiger partial charge in [-0.25, -0.2) is 4.98 Å². The van der Waals surface area contributed by atoms with E-state index in [1.54, 1.807) is 7.11 Å². The van der Waals surface area contributed by atoms with E-state index >= 15 is 0 Å². The molecule has 0 amide bonds. The zero-order valence-corrected chi connectivity index (χ0v) is 20.4. The molecule has 1 heterocycles. The lowest BCUT2D eigenvalue weighted by atomic mass is 9.93. The van der Waals surface area contributed by atoms with Crippen molar-refractivity contribution in [2.24, 2.45) is 0 Å². The summed E-state index contributed by atoms with van der Waals surface area (Å²) < 4.78 is 17.2. The Hall–Kier alpha value is -1.96. The van der Waals surface area contributed by atoms with Crippen LogP contribution in [0.1, 0.15) is 32.0 Å². The second kappa shape index (κ2) is 12.7. The summed E-state index contributed by atoms with van der Waals surface area (Å²) in [6.45, 7) is 11.8. The van der Waals surface area contributed by atoms with Crippen LogP contribution in [0.15, 0.2) is 77.4 Å². The van der Waals surface area contributed by atoms with Gasteiger partial charge < -0.3 is 14.2 Å². The van der Waals surface area contributed by atoms with Crippen molar-refractivity contribution in [1.82, 2.24) is 4.98 Å². The largest absolute Gasteiger partial charge is 0.465 e. The highest BCUT2D eigenvalue weighted by Crippen LogP contribution is 2.25. The number of hydrogen-bond donors (Lipinski definition) is 0. The number of pyridine rings is 1. The third-order valence-electron chi connectivity index (χ3n) is 4.75. The minimum Gasteiger partial charge on any atom is -0.465 e. The zero-order valence-electron chi connectivity index (χ0n) is 18.2. The van der Waals surface area contributed by atoms with E-state index in [4.69, 9.17) is 19.2 Å². The Morgan fingerprint density at radius 1 is 1.10 bits per heavy atom. The molecule has 0 saturated heterocycles. The van der Waals surface area contributed by atoms with Crippen molar-refractivity contribution in [3.05, 3.63) is 92.4 Å². The van der Waals surface area contributed by atoms with E-state index < -0.39 is 0 Å². The van der Waals surface area contributed by atoms with E-state index in [0.29, 0.717) is 13.2 Å². The molecule has 2 aromatic rings. The first kappa shape index (κ1) is 24.3. The van der Waals surface area contributed by atoms with E-state index in [-0.39, 0.29) is 6.79 Å². The summed E-state index contributed by atoms with van der Waals surface area (Å²) in [6.07, 6.45) is 2.85. The number of hydrogen-bond acceptors (Lipinski definition) is 4. The average Bonchev–Trinajstić information content (AvgIpc) is 2.74. The molecule has 0 bridgehead atoms. The average molecular weight is 519 g/mol. The molecule has 2 rings (SSSR count). The molecule has 1 aromatic carbocycles. The van der Waals surface area contributed by atoms with Crippen LogP contribution in [0.4, 0.5) is 0 Å². The van der Waals surface area contributed by atoms with Crippen LogP contribution in [0.2, 0.25) is 0 Å². The summed E-state index contributed by atoms with van der Waals surface area (Å²) in [5.41, 5.74) is 6.80. The quantitative estimate of drug-likeness (QED) is 0.115. The maximum Gasteiger partial charge on any atom is 0.188 e. The second-order valence-electron chi connectivity index (χ2n) is 7.09. The Kier molecular flexibility index (Phi) is 10.3. The summed E-state index contributed by atoms with van der Waals surface area (Å²) in [6, 6.07) is 14.1. The van der Waals surface area contributed by atoms with E-state index in [1.165, 1.54) is 22.3 Å². The van der Waals surface area contributed by atoms with Crippen LogP contribution in [-0.2, 0) is 22.5 Å². The predicted octanol–water partition coefficient (Wildman–Crippen LogP) is 6.27. The molecule has 0 unspecified atom stereocenters. The summed E-state index contributed by atoms with van der Waals surface area (Å²) >= 11 is 2.19. The van der Waals surface area contributed by atoms with Gasteiger partial charge in [-0.1, -0.05) is 48.6 Å². The Bertz CT molecular complexity index is 904. The van der Waals surface area contributed by atoms with E-state index in [2.05, 4.69) is 61.2 Å². The van der Waals surface area contributed by atoms with Crippen molar-refractivity contribution in [1.29, 1.82) is 0 Å². The molecule has 0 fully saturated rings. The molecule has 30 heavy (non-hydrogen) atoms. The molecule has 0 aliphatic heterocycles. The third-order valence-corrected chi connectivity index (χ3v) is 5.52. The highest BCUT2D eigenvalue weighted by atomic mass is 127. The van der Waals surface area contributed by atoms with Crippen molar-refractivity contribution >= 4 is 22.6 Å². The number of ether oxygens (including phenoxy) is 3. The molecular formula is C25H30INO3. The minimum atomic E-state index is 0.210. The normalized spacial score (nSPS) is 12.5. The topological polar surface area (TPSA) is 40.6 Å². The van der Waals surface area contributed by atoms with Crippen molar-refractivity contribution in [2.75, 3.05) is 20.5 Å². The Labute approximate surface area is 193 Å². The highest BCUT2D eigenvalue weighted by Gasteiger charge is 2.11. The fourth-order valence-electron chi connectivity index (χ4n) is 2.85. The van der Waals surface area contributed by atoms with Gasteiger partial charge in [-0.2, -0.15) is 0 Å². The fraction of sp³-hybridized carbons (Fsp3) is 0.320. The lowest BCUT2D eigenvalue weighted by Crippen LogP contribution is -2.05. The molecule has 0 aliphatic carbocycles. The van der Waals surface area contributed by atoms with Crippen LogP contribution >= 0.6 is 22.6 Å². The monoisotopic (exact) mass is 519 g/mol. The van der Waals surface area contributed by atoms with Gasteiger partial charge in [-0.15, -0.1) is 0 Å². The molecule has 0 N–H and O–H groups in total. The van der Waals surface area contributed by atoms with Gasteiger partial charge in [0, 0.05) is 19.2 Å². The number of nitrogens with zero attached hydrogens (tertiary/aromatic N) is 1. The van der Waals surface area contributed by atoms with Crippen LogP contribution in [0.5, 0.6) is 5.75 Å². The Balaban J connectivity index is 2.11. The SMILES string of the molecule is C=C(C)/C(C)=C(Cc1ccc(OCOC)c(I)n1)\C(C)=C/COCc1ccccc1. The van der Waals surface area contributed by atoms with Crippen LogP contribution in [-0.4, -0.2) is 25.5 Å². The summed E-state index contributed by atoms with van der Waals surface area (Å²) in [7, 11) is 1.60. The number of methoxy groups -OCH3 is 1. The minimum absolute atomic E-state index is 0.210. The van der Waals surface area contributed by atoms with Gasteiger partial charge in [0.2, 0.25) is 0 Å². The molecule has 0 atom stereocenters.